The second kappa shape index (κ2) is 6.56. The van der Waals surface area contributed by atoms with Gasteiger partial charge in [-0.05, 0) is 42.5 Å². The first-order chi connectivity index (χ1) is 13.0. The summed E-state index contributed by atoms with van der Waals surface area (Å²) in [6.07, 6.45) is 1.52. The summed E-state index contributed by atoms with van der Waals surface area (Å²) in [5, 5.41) is 10.5. The predicted molar refractivity (Wildman–Crippen MR) is 92.7 cm³/mol. The highest BCUT2D eigenvalue weighted by Gasteiger charge is 2.13. The summed E-state index contributed by atoms with van der Waals surface area (Å²) in [6, 6.07) is 11.5. The van der Waals surface area contributed by atoms with Crippen molar-refractivity contribution >= 4 is 17.2 Å². The number of hydrogen-bond acceptors (Lipinski definition) is 3. The Balaban J connectivity index is 1.66. The van der Waals surface area contributed by atoms with Crippen LogP contribution in [-0.2, 0) is 0 Å². The largest absolute Gasteiger partial charge is 0.322 e. The fourth-order valence-corrected chi connectivity index (χ4v) is 2.68. The van der Waals surface area contributed by atoms with E-state index >= 15 is 0 Å². The fourth-order valence-electron chi connectivity index (χ4n) is 2.68. The third-order valence-electron chi connectivity index (χ3n) is 3.88. The van der Waals surface area contributed by atoms with Crippen LogP contribution in [0.4, 0.5) is 18.9 Å². The van der Waals surface area contributed by atoms with E-state index in [1.807, 2.05) is 0 Å². The molecule has 2 heterocycles. The number of nitrogens with zero attached hydrogens (tertiary/aromatic N) is 3. The van der Waals surface area contributed by atoms with Crippen LogP contribution in [0.25, 0.3) is 17.0 Å². The van der Waals surface area contributed by atoms with Gasteiger partial charge in [-0.2, -0.15) is 0 Å². The summed E-state index contributed by atoms with van der Waals surface area (Å²) in [5.41, 5.74) is 1.13. The predicted octanol–water partition coefficient (Wildman–Crippen LogP) is 4.07. The van der Waals surface area contributed by atoms with E-state index in [9.17, 15) is 18.0 Å². The Morgan fingerprint density at radius 1 is 0.889 bits per heavy atom. The standard InChI is InChI=1S/C19H11F3N4O/c20-13-2-1-3-16(10-13)23-19(27)11-4-5-26-17(8-11)24-25-18(26)12-6-14(21)9-15(22)7-12/h1-10H,(H,23,27). The van der Waals surface area contributed by atoms with Crippen molar-refractivity contribution in [1.29, 1.82) is 0 Å². The van der Waals surface area contributed by atoms with Gasteiger partial charge in [-0.3, -0.25) is 9.20 Å². The molecule has 0 spiro atoms. The molecule has 0 bridgehead atoms. The van der Waals surface area contributed by atoms with Crippen molar-refractivity contribution in [1.82, 2.24) is 14.6 Å². The third-order valence-corrected chi connectivity index (χ3v) is 3.88. The molecule has 0 saturated carbocycles. The quantitative estimate of drug-likeness (QED) is 0.593. The van der Waals surface area contributed by atoms with Gasteiger partial charge in [-0.1, -0.05) is 6.07 Å². The molecule has 0 fully saturated rings. The lowest BCUT2D eigenvalue weighted by Crippen LogP contribution is -2.12. The monoisotopic (exact) mass is 368 g/mol. The van der Waals surface area contributed by atoms with Crippen molar-refractivity contribution < 1.29 is 18.0 Å². The first-order valence-corrected chi connectivity index (χ1v) is 7.88. The number of benzene rings is 2. The minimum absolute atomic E-state index is 0.219. The zero-order valence-electron chi connectivity index (χ0n) is 13.7. The molecule has 8 heteroatoms. The number of anilines is 1. The van der Waals surface area contributed by atoms with Gasteiger partial charge in [0, 0.05) is 29.1 Å². The van der Waals surface area contributed by atoms with Crippen molar-refractivity contribution in [3.63, 3.8) is 0 Å². The maximum atomic E-state index is 13.4. The number of halogens is 3. The number of carbonyl (C=O) groups is 1. The van der Waals surface area contributed by atoms with Crippen LogP contribution in [0.5, 0.6) is 0 Å². The lowest BCUT2D eigenvalue weighted by Gasteiger charge is -2.06. The normalized spacial score (nSPS) is 10.9. The molecule has 0 atom stereocenters. The van der Waals surface area contributed by atoms with Gasteiger partial charge in [0.2, 0.25) is 0 Å². The lowest BCUT2D eigenvalue weighted by atomic mass is 10.2. The van der Waals surface area contributed by atoms with E-state index in [-0.39, 0.29) is 17.0 Å². The summed E-state index contributed by atoms with van der Waals surface area (Å²) >= 11 is 0. The highest BCUT2D eigenvalue weighted by atomic mass is 19.1. The van der Waals surface area contributed by atoms with Gasteiger partial charge in [0.1, 0.15) is 17.5 Å². The maximum Gasteiger partial charge on any atom is 0.255 e. The molecular formula is C19H11F3N4O. The summed E-state index contributed by atoms with van der Waals surface area (Å²) in [5.74, 6) is -2.14. The summed E-state index contributed by atoms with van der Waals surface area (Å²) in [7, 11) is 0. The van der Waals surface area contributed by atoms with Crippen LogP contribution in [0.2, 0.25) is 0 Å². The number of aromatic nitrogens is 3. The molecule has 0 aliphatic carbocycles. The summed E-state index contributed by atoms with van der Waals surface area (Å²) in [4.78, 5) is 12.3. The first kappa shape index (κ1) is 16.8. The van der Waals surface area contributed by atoms with Crippen LogP contribution in [0.15, 0.2) is 60.8 Å². The maximum absolute atomic E-state index is 13.4. The fraction of sp³-hybridized carbons (Fsp3) is 0. The van der Waals surface area contributed by atoms with E-state index < -0.39 is 23.4 Å². The molecule has 4 rings (SSSR count). The third kappa shape index (κ3) is 3.37. The molecule has 5 nitrogen and oxygen atoms in total. The van der Waals surface area contributed by atoms with Gasteiger partial charge in [-0.25, -0.2) is 13.2 Å². The Kier molecular flexibility index (Phi) is 4.08. The number of amides is 1. The van der Waals surface area contributed by atoms with Crippen LogP contribution in [0, 0.1) is 17.5 Å². The van der Waals surface area contributed by atoms with Crippen molar-refractivity contribution in [3.05, 3.63) is 83.8 Å². The van der Waals surface area contributed by atoms with Crippen LogP contribution in [-0.4, -0.2) is 20.5 Å². The van der Waals surface area contributed by atoms with Gasteiger partial charge in [0.15, 0.2) is 11.5 Å². The average Bonchev–Trinajstić information content (AvgIpc) is 3.04. The van der Waals surface area contributed by atoms with E-state index in [4.69, 9.17) is 0 Å². The van der Waals surface area contributed by atoms with Crippen molar-refractivity contribution in [2.24, 2.45) is 0 Å². The SMILES string of the molecule is O=C(Nc1cccc(F)c1)c1ccn2c(-c3cc(F)cc(F)c3)nnc2c1. The summed E-state index contributed by atoms with van der Waals surface area (Å²) < 4.78 is 41.6. The second-order valence-corrected chi connectivity index (χ2v) is 5.79. The Labute approximate surface area is 151 Å². The highest BCUT2D eigenvalue weighted by Crippen LogP contribution is 2.21. The molecule has 2 aromatic carbocycles. The molecule has 1 amide bonds. The number of carbonyl (C=O) groups excluding carboxylic acids is 1. The molecule has 0 saturated heterocycles. The zero-order valence-corrected chi connectivity index (χ0v) is 13.7. The van der Waals surface area contributed by atoms with Crippen LogP contribution < -0.4 is 5.32 Å². The van der Waals surface area contributed by atoms with E-state index in [0.29, 0.717) is 11.3 Å². The van der Waals surface area contributed by atoms with Crippen molar-refractivity contribution in [2.75, 3.05) is 5.32 Å². The molecule has 1 N–H and O–H groups in total. The zero-order chi connectivity index (χ0) is 19.0. The molecule has 0 unspecified atom stereocenters. The number of nitrogens with one attached hydrogen (secondary N) is 1. The van der Waals surface area contributed by atoms with Gasteiger partial charge < -0.3 is 5.32 Å². The molecule has 0 radical (unpaired) electrons. The van der Waals surface area contributed by atoms with E-state index in [2.05, 4.69) is 15.5 Å². The average molecular weight is 368 g/mol. The minimum Gasteiger partial charge on any atom is -0.322 e. The van der Waals surface area contributed by atoms with Gasteiger partial charge in [-0.15, -0.1) is 10.2 Å². The number of hydrogen-bond donors (Lipinski definition) is 1. The second-order valence-electron chi connectivity index (χ2n) is 5.79. The summed E-state index contributed by atoms with van der Waals surface area (Å²) in [6.45, 7) is 0. The van der Waals surface area contributed by atoms with Crippen molar-refractivity contribution in [2.45, 2.75) is 0 Å². The first-order valence-electron chi connectivity index (χ1n) is 7.88. The van der Waals surface area contributed by atoms with Crippen LogP contribution >= 0.6 is 0 Å². The molecule has 0 aliphatic heterocycles. The highest BCUT2D eigenvalue weighted by molar-refractivity contribution is 6.04. The van der Waals surface area contributed by atoms with E-state index in [1.54, 1.807) is 6.07 Å². The number of pyridine rings is 1. The van der Waals surface area contributed by atoms with Gasteiger partial charge in [0.25, 0.3) is 5.91 Å². The molecule has 4 aromatic rings. The minimum atomic E-state index is -0.729. The number of rotatable bonds is 3. The van der Waals surface area contributed by atoms with Gasteiger partial charge >= 0.3 is 0 Å². The van der Waals surface area contributed by atoms with Gasteiger partial charge in [0.05, 0.1) is 0 Å². The molecule has 27 heavy (non-hydrogen) atoms. The van der Waals surface area contributed by atoms with Crippen LogP contribution in [0.3, 0.4) is 0 Å². The Bertz CT molecular complexity index is 1150. The smallest absolute Gasteiger partial charge is 0.255 e. The van der Waals surface area contributed by atoms with Crippen LogP contribution in [0.1, 0.15) is 10.4 Å². The van der Waals surface area contributed by atoms with Crippen molar-refractivity contribution in [3.8, 4) is 11.4 Å². The molecule has 0 aliphatic rings. The van der Waals surface area contributed by atoms with E-state index in [1.165, 1.54) is 40.9 Å². The topological polar surface area (TPSA) is 59.3 Å². The van der Waals surface area contributed by atoms with E-state index in [0.717, 1.165) is 18.2 Å². The molecule has 2 aromatic heterocycles. The molecule has 134 valence electrons. The Hall–Kier alpha value is -3.68. The lowest BCUT2D eigenvalue weighted by molar-refractivity contribution is 0.102. The Morgan fingerprint density at radius 2 is 1.67 bits per heavy atom. The Morgan fingerprint density at radius 3 is 2.41 bits per heavy atom. The number of fused-ring (bicyclic) bond motifs is 1. The molecular weight excluding hydrogens is 357 g/mol.